The summed E-state index contributed by atoms with van der Waals surface area (Å²) < 4.78 is 2.42. The van der Waals surface area contributed by atoms with E-state index in [0.717, 1.165) is 84.5 Å². The topological polar surface area (TPSA) is 43.0 Å². The van der Waals surface area contributed by atoms with Crippen LogP contribution in [-0.2, 0) is 0 Å². The Balaban J connectivity index is 1.11. The van der Waals surface area contributed by atoms with Crippen molar-refractivity contribution in [1.82, 2.24) is 14.5 Å². The number of nitrogens with one attached hydrogen (secondary N) is 2. The van der Waals surface area contributed by atoms with E-state index in [1.165, 1.54) is 21.9 Å². The zero-order chi connectivity index (χ0) is 44.5. The lowest BCUT2D eigenvalue weighted by atomic mass is 10.0. The maximum absolute atomic E-state index is 3.72. The van der Waals surface area contributed by atoms with Crippen molar-refractivity contribution in [2.24, 2.45) is 0 Å². The first-order valence-electron chi connectivity index (χ1n) is 22.7. The molecule has 0 bridgehead atoms. The molecule has 0 spiro atoms. The molecule has 0 saturated heterocycles. The van der Waals surface area contributed by atoms with Gasteiger partial charge in [-0.25, -0.2) is 0 Å². The Kier molecular flexibility index (Phi) is 10.1. The highest BCUT2D eigenvalue weighted by Crippen LogP contribution is 2.45. The van der Waals surface area contributed by atoms with Crippen LogP contribution in [0.25, 0.3) is 72.0 Å². The second-order valence-electron chi connectivity index (χ2n) is 16.9. The molecule has 0 saturated carbocycles. The van der Waals surface area contributed by atoms with Crippen molar-refractivity contribution >= 4 is 56.2 Å². The molecule has 0 aliphatic carbocycles. The predicted molar refractivity (Wildman–Crippen MR) is 281 cm³/mol. The molecule has 3 aromatic heterocycles. The summed E-state index contributed by atoms with van der Waals surface area (Å²) >= 11 is 0. The fourth-order valence-electron chi connectivity index (χ4n) is 9.51. The molecule has 2 N–H and O–H groups in total. The molecule has 5 nitrogen and oxygen atoms in total. The SMILES string of the molecule is c1ccc(-c2ccc(N(c3cc(N(c4ccc(-c5ccccc5)cc4)c4cc(-c5ccccc5)c[nH]4)cc(-n4c5ccccc5c5ccccc54)c3)c3cc(-c4ccccc4)c[nH]3)cc2)cc1. The standard InChI is InChI=1S/C62H45N5/c1-5-17-44(18-6-1)48-29-33-52(34-30-48)65(61-37-50(42-63-61)46-21-9-3-10-22-46)54-39-55(41-56(40-54)67-59-27-15-13-25-57(59)58-26-14-16-28-60(58)67)66(62-38-51(43-64-62)47-23-11-4-12-24-47)53-35-31-49(32-36-53)45-19-7-2-8-20-45/h1-43,63-64H. The van der Waals surface area contributed by atoms with Gasteiger partial charge in [0.1, 0.15) is 11.6 Å². The van der Waals surface area contributed by atoms with E-state index < -0.39 is 0 Å². The summed E-state index contributed by atoms with van der Waals surface area (Å²) in [6, 6.07) is 89.1. The fourth-order valence-corrected chi connectivity index (χ4v) is 9.51. The summed E-state index contributed by atoms with van der Waals surface area (Å²) in [4.78, 5) is 12.1. The molecular weight excluding hydrogens is 815 g/mol. The zero-order valence-corrected chi connectivity index (χ0v) is 36.7. The summed E-state index contributed by atoms with van der Waals surface area (Å²) in [5.41, 5.74) is 16.5. The normalized spacial score (nSPS) is 11.3. The number of aromatic nitrogens is 3. The first-order valence-corrected chi connectivity index (χ1v) is 22.7. The minimum absolute atomic E-state index is 0.946. The van der Waals surface area contributed by atoms with Gasteiger partial charge in [0.25, 0.3) is 0 Å². The van der Waals surface area contributed by atoms with E-state index in [0.29, 0.717) is 0 Å². The quantitative estimate of drug-likeness (QED) is 0.136. The van der Waals surface area contributed by atoms with E-state index in [2.05, 4.69) is 285 Å². The molecule has 3 heterocycles. The molecule has 9 aromatic carbocycles. The number of nitrogens with zero attached hydrogens (tertiary/aromatic N) is 3. The van der Waals surface area contributed by atoms with Crippen molar-refractivity contribution in [1.29, 1.82) is 0 Å². The third kappa shape index (κ3) is 7.54. The number of para-hydroxylation sites is 2. The molecule has 0 atom stereocenters. The third-order valence-electron chi connectivity index (χ3n) is 12.7. The van der Waals surface area contributed by atoms with Gasteiger partial charge in [-0.15, -0.1) is 0 Å². The summed E-state index contributed by atoms with van der Waals surface area (Å²) in [6.07, 6.45) is 4.22. The van der Waals surface area contributed by atoms with E-state index in [-0.39, 0.29) is 0 Å². The number of hydrogen-bond donors (Lipinski definition) is 2. The number of aromatic amines is 2. The predicted octanol–water partition coefficient (Wildman–Crippen LogP) is 17.0. The Morgan fingerprint density at radius 2 is 0.597 bits per heavy atom. The molecular formula is C62H45N5. The lowest BCUT2D eigenvalue weighted by molar-refractivity contribution is 1.14. The first-order chi connectivity index (χ1) is 33.2. The second-order valence-corrected chi connectivity index (χ2v) is 16.9. The summed E-state index contributed by atoms with van der Waals surface area (Å²) in [5.74, 6) is 1.89. The Morgan fingerprint density at radius 1 is 0.269 bits per heavy atom. The van der Waals surface area contributed by atoms with Crippen LogP contribution in [-0.4, -0.2) is 14.5 Å². The number of rotatable bonds is 11. The van der Waals surface area contributed by atoms with Gasteiger partial charge in [0, 0.05) is 45.7 Å². The van der Waals surface area contributed by atoms with Gasteiger partial charge in [-0.05, 0) is 100 Å². The molecule has 0 aliphatic rings. The molecule has 12 aromatic rings. The fraction of sp³-hybridized carbons (Fsp3) is 0. The van der Waals surface area contributed by atoms with Gasteiger partial charge in [0.15, 0.2) is 0 Å². The second kappa shape index (κ2) is 17.1. The minimum atomic E-state index is 0.946. The Hall–Kier alpha value is -9.06. The maximum Gasteiger partial charge on any atom is 0.115 e. The van der Waals surface area contributed by atoms with Crippen LogP contribution in [0.5, 0.6) is 0 Å². The van der Waals surface area contributed by atoms with Crippen molar-refractivity contribution in [3.8, 4) is 50.2 Å². The summed E-state index contributed by atoms with van der Waals surface area (Å²) in [6.45, 7) is 0. The molecule has 67 heavy (non-hydrogen) atoms. The highest BCUT2D eigenvalue weighted by molar-refractivity contribution is 6.09. The van der Waals surface area contributed by atoms with Crippen molar-refractivity contribution < 1.29 is 0 Å². The van der Waals surface area contributed by atoms with E-state index in [1.54, 1.807) is 0 Å². The highest BCUT2D eigenvalue weighted by Gasteiger charge is 2.23. The molecule has 5 heteroatoms. The van der Waals surface area contributed by atoms with Gasteiger partial charge in [-0.3, -0.25) is 9.80 Å². The number of H-pyrrole nitrogens is 2. The molecule has 0 fully saturated rings. The average Bonchev–Trinajstić information content (AvgIpc) is 4.17. The minimum Gasteiger partial charge on any atom is -0.347 e. The first kappa shape index (κ1) is 39.5. The number of fused-ring (bicyclic) bond motifs is 3. The molecule has 0 aliphatic heterocycles. The van der Waals surface area contributed by atoms with E-state index in [9.17, 15) is 0 Å². The van der Waals surface area contributed by atoms with Crippen LogP contribution >= 0.6 is 0 Å². The average molecular weight is 860 g/mol. The van der Waals surface area contributed by atoms with Crippen LogP contribution in [0.2, 0.25) is 0 Å². The van der Waals surface area contributed by atoms with Gasteiger partial charge >= 0.3 is 0 Å². The third-order valence-corrected chi connectivity index (χ3v) is 12.7. The van der Waals surface area contributed by atoms with E-state index >= 15 is 0 Å². The molecule has 12 rings (SSSR count). The van der Waals surface area contributed by atoms with Crippen molar-refractivity contribution in [3.63, 3.8) is 0 Å². The van der Waals surface area contributed by atoms with Crippen LogP contribution in [0.1, 0.15) is 0 Å². The number of benzene rings is 9. The zero-order valence-electron chi connectivity index (χ0n) is 36.7. The number of hydrogen-bond acceptors (Lipinski definition) is 2. The van der Waals surface area contributed by atoms with Crippen LogP contribution < -0.4 is 9.80 Å². The monoisotopic (exact) mass is 859 g/mol. The molecule has 0 unspecified atom stereocenters. The Bertz CT molecular complexity index is 3370. The Morgan fingerprint density at radius 3 is 0.985 bits per heavy atom. The largest absolute Gasteiger partial charge is 0.347 e. The van der Waals surface area contributed by atoms with Crippen LogP contribution in [0.4, 0.5) is 34.4 Å². The van der Waals surface area contributed by atoms with E-state index in [1.807, 2.05) is 0 Å². The lowest BCUT2D eigenvalue weighted by Crippen LogP contribution is -2.15. The maximum atomic E-state index is 3.72. The summed E-state index contributed by atoms with van der Waals surface area (Å²) in [5, 5.41) is 2.42. The molecule has 0 radical (unpaired) electrons. The lowest BCUT2D eigenvalue weighted by Gasteiger charge is -2.29. The number of anilines is 6. The van der Waals surface area contributed by atoms with Crippen molar-refractivity contribution in [2.45, 2.75) is 0 Å². The van der Waals surface area contributed by atoms with Gasteiger partial charge < -0.3 is 14.5 Å². The molecule has 318 valence electrons. The highest BCUT2D eigenvalue weighted by atomic mass is 15.2. The Labute approximate surface area is 390 Å². The van der Waals surface area contributed by atoms with Gasteiger partial charge in [0.2, 0.25) is 0 Å². The van der Waals surface area contributed by atoms with Crippen LogP contribution in [0.3, 0.4) is 0 Å². The molecule has 0 amide bonds. The van der Waals surface area contributed by atoms with Gasteiger partial charge in [-0.2, -0.15) is 0 Å². The summed E-state index contributed by atoms with van der Waals surface area (Å²) in [7, 11) is 0. The van der Waals surface area contributed by atoms with Crippen LogP contribution in [0, 0.1) is 0 Å². The van der Waals surface area contributed by atoms with Crippen LogP contribution in [0.15, 0.2) is 261 Å². The van der Waals surface area contributed by atoms with Gasteiger partial charge in [0.05, 0.1) is 28.1 Å². The smallest absolute Gasteiger partial charge is 0.115 e. The van der Waals surface area contributed by atoms with E-state index in [4.69, 9.17) is 0 Å². The van der Waals surface area contributed by atoms with Crippen molar-refractivity contribution in [2.75, 3.05) is 9.80 Å². The van der Waals surface area contributed by atoms with Crippen molar-refractivity contribution in [3.05, 3.63) is 261 Å². The van der Waals surface area contributed by atoms with Gasteiger partial charge in [-0.1, -0.05) is 182 Å².